The molecule has 0 fully saturated rings. The fourth-order valence-corrected chi connectivity index (χ4v) is 4.87. The summed E-state index contributed by atoms with van der Waals surface area (Å²) in [6.45, 7) is 0.823. The molecule has 36 heavy (non-hydrogen) atoms. The number of primary amides is 1. The highest BCUT2D eigenvalue weighted by Gasteiger charge is 2.30. The SMILES string of the molecule is CCC(NC(=O)c1ccc(S(=O)(=O)N(CCO)C(=O)c2ccc(C(N)=O)nc2)cc1)c1ccccc1. The van der Waals surface area contributed by atoms with Gasteiger partial charge in [-0.2, -0.15) is 0 Å². The number of carbonyl (C=O) groups excluding carboxylic acids is 3. The van der Waals surface area contributed by atoms with Gasteiger partial charge in [0.05, 0.1) is 29.7 Å². The number of hydrogen-bond acceptors (Lipinski definition) is 7. The number of sulfonamides is 1. The number of nitrogens with zero attached hydrogens (tertiary/aromatic N) is 2. The molecule has 0 aliphatic heterocycles. The Kier molecular flexibility index (Phi) is 8.51. The van der Waals surface area contributed by atoms with E-state index < -0.39 is 35.0 Å². The van der Waals surface area contributed by atoms with Gasteiger partial charge in [-0.1, -0.05) is 37.3 Å². The third kappa shape index (κ3) is 5.93. The first-order valence-corrected chi connectivity index (χ1v) is 12.5. The molecule has 0 spiro atoms. The first-order valence-electron chi connectivity index (χ1n) is 11.1. The second kappa shape index (κ2) is 11.6. The number of aromatic nitrogens is 1. The summed E-state index contributed by atoms with van der Waals surface area (Å²) in [7, 11) is -4.38. The third-order valence-corrected chi connectivity index (χ3v) is 7.21. The van der Waals surface area contributed by atoms with Crippen LogP contribution in [0.4, 0.5) is 0 Å². The Bertz CT molecular complexity index is 1330. The summed E-state index contributed by atoms with van der Waals surface area (Å²) in [4.78, 5) is 40.4. The highest BCUT2D eigenvalue weighted by Crippen LogP contribution is 2.21. The van der Waals surface area contributed by atoms with E-state index in [0.717, 1.165) is 11.8 Å². The standard InChI is InChI=1S/C25H26N4O6S/c1-2-21(17-6-4-3-5-7-17)28-24(32)18-8-11-20(12-9-18)36(34,35)29(14-15-30)25(33)19-10-13-22(23(26)31)27-16-19/h3-13,16,21,30H,2,14-15H2,1H3,(H2,26,31)(H,28,32). The fraction of sp³-hybridized carbons (Fsp3) is 0.200. The highest BCUT2D eigenvalue weighted by atomic mass is 32.2. The summed E-state index contributed by atoms with van der Waals surface area (Å²) >= 11 is 0. The zero-order valence-electron chi connectivity index (χ0n) is 19.5. The van der Waals surface area contributed by atoms with E-state index in [1.54, 1.807) is 0 Å². The summed E-state index contributed by atoms with van der Waals surface area (Å²) in [6, 6.07) is 16.8. The number of pyridine rings is 1. The van der Waals surface area contributed by atoms with Crippen molar-refractivity contribution in [1.29, 1.82) is 0 Å². The Hall–Kier alpha value is -4.09. The molecule has 0 saturated carbocycles. The maximum absolute atomic E-state index is 13.2. The largest absolute Gasteiger partial charge is 0.394 e. The number of nitrogens with one attached hydrogen (secondary N) is 1. The van der Waals surface area contributed by atoms with Crippen molar-refractivity contribution < 1.29 is 27.9 Å². The third-order valence-electron chi connectivity index (χ3n) is 5.41. The molecule has 0 aliphatic carbocycles. The number of carbonyl (C=O) groups is 3. The molecule has 3 amide bonds. The summed E-state index contributed by atoms with van der Waals surface area (Å²) in [5, 5.41) is 12.3. The van der Waals surface area contributed by atoms with Crippen molar-refractivity contribution in [3.8, 4) is 0 Å². The van der Waals surface area contributed by atoms with Gasteiger partial charge in [-0.15, -0.1) is 0 Å². The molecule has 1 unspecified atom stereocenters. The van der Waals surface area contributed by atoms with E-state index in [1.807, 2.05) is 37.3 Å². The summed E-state index contributed by atoms with van der Waals surface area (Å²) < 4.78 is 26.9. The topological polar surface area (TPSA) is 160 Å². The number of nitrogens with two attached hydrogens (primary N) is 1. The number of hydrogen-bond donors (Lipinski definition) is 3. The van der Waals surface area contributed by atoms with Gasteiger partial charge in [0.15, 0.2) is 0 Å². The van der Waals surface area contributed by atoms with E-state index >= 15 is 0 Å². The van der Waals surface area contributed by atoms with Crippen molar-refractivity contribution in [2.24, 2.45) is 5.73 Å². The van der Waals surface area contributed by atoms with Crippen LogP contribution < -0.4 is 11.1 Å². The Morgan fingerprint density at radius 2 is 1.64 bits per heavy atom. The van der Waals surface area contributed by atoms with Crippen LogP contribution in [0.25, 0.3) is 0 Å². The second-order valence-electron chi connectivity index (χ2n) is 7.77. The van der Waals surface area contributed by atoms with Crippen LogP contribution in [0, 0.1) is 0 Å². The van der Waals surface area contributed by atoms with E-state index in [0.29, 0.717) is 10.7 Å². The molecule has 3 aromatic rings. The van der Waals surface area contributed by atoms with Crippen LogP contribution >= 0.6 is 0 Å². The molecule has 1 atom stereocenters. The molecule has 0 aliphatic rings. The minimum absolute atomic E-state index is 0.0884. The molecule has 0 saturated heterocycles. The molecule has 11 heteroatoms. The summed E-state index contributed by atoms with van der Waals surface area (Å²) in [5.41, 5.74) is 6.13. The smallest absolute Gasteiger partial charge is 0.269 e. The lowest BCUT2D eigenvalue weighted by atomic mass is 10.0. The Morgan fingerprint density at radius 1 is 1.00 bits per heavy atom. The lowest BCUT2D eigenvalue weighted by Crippen LogP contribution is -2.39. The van der Waals surface area contributed by atoms with E-state index in [-0.39, 0.29) is 33.7 Å². The average Bonchev–Trinajstić information content (AvgIpc) is 2.90. The first-order chi connectivity index (χ1) is 17.2. The summed E-state index contributed by atoms with van der Waals surface area (Å²) in [6.07, 6.45) is 1.70. The predicted octanol–water partition coefficient (Wildman–Crippen LogP) is 1.88. The van der Waals surface area contributed by atoms with Gasteiger partial charge in [-0.3, -0.25) is 19.4 Å². The van der Waals surface area contributed by atoms with E-state index in [1.165, 1.54) is 36.4 Å². The van der Waals surface area contributed by atoms with Gasteiger partial charge in [-0.05, 0) is 48.4 Å². The molecular weight excluding hydrogens is 484 g/mol. The molecule has 188 valence electrons. The number of benzene rings is 2. The molecule has 0 radical (unpaired) electrons. The molecule has 1 heterocycles. The number of amides is 3. The van der Waals surface area contributed by atoms with Crippen LogP contribution in [0.2, 0.25) is 0 Å². The molecule has 10 nitrogen and oxygen atoms in total. The van der Waals surface area contributed by atoms with Gasteiger partial charge in [0.2, 0.25) is 0 Å². The van der Waals surface area contributed by atoms with Crippen molar-refractivity contribution in [3.05, 3.63) is 95.3 Å². The zero-order valence-corrected chi connectivity index (χ0v) is 20.3. The summed E-state index contributed by atoms with van der Waals surface area (Å²) in [5.74, 6) is -2.12. The first kappa shape index (κ1) is 26.5. The number of aliphatic hydroxyl groups is 1. The molecule has 3 rings (SSSR count). The maximum Gasteiger partial charge on any atom is 0.269 e. The zero-order chi connectivity index (χ0) is 26.3. The Morgan fingerprint density at radius 3 is 2.17 bits per heavy atom. The van der Waals surface area contributed by atoms with Gasteiger partial charge >= 0.3 is 0 Å². The monoisotopic (exact) mass is 510 g/mol. The van der Waals surface area contributed by atoms with Gasteiger partial charge in [0, 0.05) is 11.8 Å². The lowest BCUT2D eigenvalue weighted by Gasteiger charge is -2.22. The number of aliphatic hydroxyl groups excluding tert-OH is 1. The van der Waals surface area contributed by atoms with Crippen LogP contribution in [-0.4, -0.2) is 53.7 Å². The second-order valence-corrected chi connectivity index (χ2v) is 9.63. The van der Waals surface area contributed by atoms with Crippen LogP contribution in [0.1, 0.15) is 56.2 Å². The molecule has 2 aromatic carbocycles. The van der Waals surface area contributed by atoms with Crippen LogP contribution in [-0.2, 0) is 10.0 Å². The van der Waals surface area contributed by atoms with Gasteiger partial charge in [-0.25, -0.2) is 12.7 Å². The minimum Gasteiger partial charge on any atom is -0.394 e. The molecule has 1 aromatic heterocycles. The van der Waals surface area contributed by atoms with Crippen LogP contribution in [0.3, 0.4) is 0 Å². The van der Waals surface area contributed by atoms with Crippen molar-refractivity contribution in [3.63, 3.8) is 0 Å². The minimum atomic E-state index is -4.38. The lowest BCUT2D eigenvalue weighted by molar-refractivity contribution is 0.0839. The Balaban J connectivity index is 1.81. The maximum atomic E-state index is 13.2. The normalized spacial score (nSPS) is 11.9. The Labute approximate surface area is 208 Å². The van der Waals surface area contributed by atoms with Crippen molar-refractivity contribution in [2.75, 3.05) is 13.2 Å². The molecular formula is C25H26N4O6S. The highest BCUT2D eigenvalue weighted by molar-refractivity contribution is 7.89. The van der Waals surface area contributed by atoms with Crippen LogP contribution in [0.15, 0.2) is 77.8 Å². The van der Waals surface area contributed by atoms with Crippen LogP contribution in [0.5, 0.6) is 0 Å². The van der Waals surface area contributed by atoms with Gasteiger partial charge < -0.3 is 16.2 Å². The van der Waals surface area contributed by atoms with Crippen molar-refractivity contribution in [2.45, 2.75) is 24.3 Å². The molecule has 0 bridgehead atoms. The van der Waals surface area contributed by atoms with Gasteiger partial charge in [0.25, 0.3) is 27.7 Å². The van der Waals surface area contributed by atoms with E-state index in [4.69, 9.17) is 5.73 Å². The fourth-order valence-electron chi connectivity index (χ4n) is 3.49. The van der Waals surface area contributed by atoms with Crippen molar-refractivity contribution in [1.82, 2.24) is 14.6 Å². The number of rotatable bonds is 10. The van der Waals surface area contributed by atoms with E-state index in [2.05, 4.69) is 10.3 Å². The molecule has 4 N–H and O–H groups in total. The quantitative estimate of drug-likeness (QED) is 0.375. The van der Waals surface area contributed by atoms with Crippen molar-refractivity contribution >= 4 is 27.7 Å². The van der Waals surface area contributed by atoms with E-state index in [9.17, 15) is 27.9 Å². The van der Waals surface area contributed by atoms with Gasteiger partial charge in [0.1, 0.15) is 5.69 Å². The predicted molar refractivity (Wildman–Crippen MR) is 131 cm³/mol. The average molecular weight is 511 g/mol.